The Morgan fingerprint density at radius 1 is 0.452 bits per heavy atom. The molecule has 0 amide bonds. The topological polar surface area (TPSA) is 63.2 Å². The van der Waals surface area contributed by atoms with Crippen LogP contribution in [0.2, 0.25) is 0 Å². The largest absolute Gasteiger partial charge is 0.466 e. The number of carbonyl (C=O) groups is 1. The lowest BCUT2D eigenvalue weighted by Crippen LogP contribution is -2.12. The van der Waals surface area contributed by atoms with E-state index in [-0.39, 0.29) is 5.97 Å². The van der Waals surface area contributed by atoms with Crippen LogP contribution in [0.4, 0.5) is 0 Å². The maximum Gasteiger partial charge on any atom is 0.305 e. The van der Waals surface area contributed by atoms with Crippen LogP contribution in [0.25, 0.3) is 0 Å². The van der Waals surface area contributed by atoms with E-state index in [2.05, 4.69) is 6.92 Å². The van der Waals surface area contributed by atoms with Crippen LogP contribution in [0, 0.1) is 0 Å². The summed E-state index contributed by atoms with van der Waals surface area (Å²) in [5.41, 5.74) is 0. The molecule has 0 aromatic carbocycles. The third-order valence-electron chi connectivity index (χ3n) is 4.90. The Balaban J connectivity index is 3.04. The van der Waals surface area contributed by atoms with E-state index in [4.69, 9.17) is 23.7 Å². The van der Waals surface area contributed by atoms with E-state index in [1.807, 2.05) is 6.92 Å². The quantitative estimate of drug-likeness (QED) is 0.125. The zero-order valence-corrected chi connectivity index (χ0v) is 20.5. The molecule has 6 nitrogen and oxygen atoms in total. The lowest BCUT2D eigenvalue weighted by atomic mass is 10.1. The van der Waals surface area contributed by atoms with Gasteiger partial charge in [0.25, 0.3) is 0 Å². The zero-order valence-electron chi connectivity index (χ0n) is 20.5. The third-order valence-corrected chi connectivity index (χ3v) is 4.90. The van der Waals surface area contributed by atoms with E-state index in [1.165, 1.54) is 57.8 Å². The van der Waals surface area contributed by atoms with Crippen molar-refractivity contribution in [2.24, 2.45) is 0 Å². The predicted molar refractivity (Wildman–Crippen MR) is 126 cm³/mol. The van der Waals surface area contributed by atoms with Crippen LogP contribution in [0.1, 0.15) is 97.3 Å². The normalized spacial score (nSPS) is 11.2. The average Bonchev–Trinajstić information content (AvgIpc) is 2.78. The lowest BCUT2D eigenvalue weighted by molar-refractivity contribution is -0.144. The predicted octanol–water partition coefficient (Wildman–Crippen LogP) is 5.71. The smallest absolute Gasteiger partial charge is 0.305 e. The van der Waals surface area contributed by atoms with Crippen molar-refractivity contribution in [3.05, 3.63) is 0 Å². The highest BCUT2D eigenvalue weighted by Gasteiger charge is 2.01. The van der Waals surface area contributed by atoms with E-state index >= 15 is 0 Å². The standard InChI is InChI=1S/C25H50O6/c1-3-5-6-7-8-9-10-11-12-13-17-27-19-21-29-23-24-30-22-20-28-18-14-15-25(26)31-16-4-2/h3-24H2,1-2H3. The molecule has 0 aromatic rings. The van der Waals surface area contributed by atoms with Gasteiger partial charge in [0.05, 0.1) is 46.2 Å². The van der Waals surface area contributed by atoms with Crippen LogP contribution in [-0.4, -0.2) is 65.4 Å². The Labute approximate surface area is 191 Å². The van der Waals surface area contributed by atoms with Gasteiger partial charge in [-0.2, -0.15) is 0 Å². The van der Waals surface area contributed by atoms with E-state index in [1.54, 1.807) is 0 Å². The van der Waals surface area contributed by atoms with Crippen molar-refractivity contribution in [3.63, 3.8) is 0 Å². The molecule has 0 N–H and O–H groups in total. The molecule has 0 spiro atoms. The first-order valence-electron chi connectivity index (χ1n) is 12.8. The van der Waals surface area contributed by atoms with Crippen LogP contribution in [-0.2, 0) is 28.5 Å². The molecule has 0 unspecified atom stereocenters. The third kappa shape index (κ3) is 27.3. The molecule has 0 bridgehead atoms. The molecule has 186 valence electrons. The molecular formula is C25H50O6. The van der Waals surface area contributed by atoms with Crippen molar-refractivity contribution in [3.8, 4) is 0 Å². The SMILES string of the molecule is CCCCCCCCCCCCOCCOCCOCCOCCCC(=O)OCCC. The van der Waals surface area contributed by atoms with Gasteiger partial charge in [-0.3, -0.25) is 4.79 Å². The lowest BCUT2D eigenvalue weighted by Gasteiger charge is -2.08. The molecule has 0 radical (unpaired) electrons. The van der Waals surface area contributed by atoms with Crippen LogP contribution in [0.3, 0.4) is 0 Å². The Kier molecular flexibility index (Phi) is 26.7. The van der Waals surface area contributed by atoms with E-state index in [0.29, 0.717) is 65.7 Å². The molecule has 31 heavy (non-hydrogen) atoms. The minimum Gasteiger partial charge on any atom is -0.466 e. The Morgan fingerprint density at radius 3 is 1.35 bits per heavy atom. The van der Waals surface area contributed by atoms with Gasteiger partial charge >= 0.3 is 5.97 Å². The number of rotatable bonds is 26. The van der Waals surface area contributed by atoms with Crippen molar-refractivity contribution in [2.45, 2.75) is 97.3 Å². The van der Waals surface area contributed by atoms with Gasteiger partial charge in [0.1, 0.15) is 0 Å². The fourth-order valence-electron chi connectivity index (χ4n) is 3.06. The molecule has 0 rings (SSSR count). The van der Waals surface area contributed by atoms with Gasteiger partial charge in [0.2, 0.25) is 0 Å². The van der Waals surface area contributed by atoms with Gasteiger partial charge in [-0.25, -0.2) is 0 Å². The number of hydrogen-bond donors (Lipinski definition) is 0. The average molecular weight is 447 g/mol. The van der Waals surface area contributed by atoms with Crippen LogP contribution in [0.5, 0.6) is 0 Å². The summed E-state index contributed by atoms with van der Waals surface area (Å²) in [5.74, 6) is -0.147. The summed E-state index contributed by atoms with van der Waals surface area (Å²) in [5, 5.41) is 0. The number of hydrogen-bond acceptors (Lipinski definition) is 6. The maximum absolute atomic E-state index is 11.3. The van der Waals surface area contributed by atoms with Gasteiger partial charge in [0.15, 0.2) is 0 Å². The molecule has 0 saturated heterocycles. The fraction of sp³-hybridized carbons (Fsp3) is 0.960. The molecular weight excluding hydrogens is 396 g/mol. The summed E-state index contributed by atoms with van der Waals surface area (Å²) < 4.78 is 27.0. The minimum atomic E-state index is -0.147. The summed E-state index contributed by atoms with van der Waals surface area (Å²) >= 11 is 0. The summed E-state index contributed by atoms with van der Waals surface area (Å²) in [6, 6.07) is 0. The highest BCUT2D eigenvalue weighted by Crippen LogP contribution is 2.10. The Hall–Kier alpha value is -0.690. The first-order chi connectivity index (χ1) is 15.3. The molecule has 0 aliphatic rings. The second-order valence-electron chi connectivity index (χ2n) is 7.96. The molecule has 0 aliphatic carbocycles. The molecule has 0 fully saturated rings. The first-order valence-corrected chi connectivity index (χ1v) is 12.8. The van der Waals surface area contributed by atoms with Crippen molar-refractivity contribution in [1.29, 1.82) is 0 Å². The molecule has 0 aromatic heterocycles. The van der Waals surface area contributed by atoms with Gasteiger partial charge in [-0.15, -0.1) is 0 Å². The number of carbonyl (C=O) groups excluding carboxylic acids is 1. The van der Waals surface area contributed by atoms with Gasteiger partial charge in [-0.1, -0.05) is 71.6 Å². The molecule has 6 heteroatoms. The molecule has 0 atom stereocenters. The second kappa shape index (κ2) is 27.3. The monoisotopic (exact) mass is 446 g/mol. The Morgan fingerprint density at radius 2 is 0.871 bits per heavy atom. The van der Waals surface area contributed by atoms with Gasteiger partial charge < -0.3 is 23.7 Å². The second-order valence-corrected chi connectivity index (χ2v) is 7.96. The first kappa shape index (κ1) is 30.3. The number of unbranched alkanes of at least 4 members (excludes halogenated alkanes) is 9. The highest BCUT2D eigenvalue weighted by atomic mass is 16.6. The van der Waals surface area contributed by atoms with Gasteiger partial charge in [-0.05, 0) is 19.3 Å². The summed E-state index contributed by atoms with van der Waals surface area (Å²) in [6.45, 7) is 9.62. The summed E-state index contributed by atoms with van der Waals surface area (Å²) in [4.78, 5) is 11.3. The van der Waals surface area contributed by atoms with E-state index < -0.39 is 0 Å². The minimum absolute atomic E-state index is 0.147. The van der Waals surface area contributed by atoms with Crippen molar-refractivity contribution >= 4 is 5.97 Å². The van der Waals surface area contributed by atoms with Crippen LogP contribution in [0.15, 0.2) is 0 Å². The number of esters is 1. The molecule has 0 heterocycles. The molecule has 0 saturated carbocycles. The van der Waals surface area contributed by atoms with Crippen molar-refractivity contribution < 1.29 is 28.5 Å². The van der Waals surface area contributed by atoms with Crippen LogP contribution >= 0.6 is 0 Å². The summed E-state index contributed by atoms with van der Waals surface area (Å²) in [7, 11) is 0. The highest BCUT2D eigenvalue weighted by molar-refractivity contribution is 5.69. The maximum atomic E-state index is 11.3. The summed E-state index contributed by atoms with van der Waals surface area (Å²) in [6.07, 6.45) is 15.4. The zero-order chi connectivity index (χ0) is 22.7. The number of ether oxygens (including phenoxy) is 5. The Bertz CT molecular complexity index is 351. The van der Waals surface area contributed by atoms with E-state index in [0.717, 1.165) is 19.4 Å². The van der Waals surface area contributed by atoms with E-state index in [9.17, 15) is 4.79 Å². The van der Waals surface area contributed by atoms with Crippen LogP contribution < -0.4 is 0 Å². The van der Waals surface area contributed by atoms with Crippen molar-refractivity contribution in [2.75, 3.05) is 59.5 Å². The van der Waals surface area contributed by atoms with Gasteiger partial charge in [0, 0.05) is 19.6 Å². The van der Waals surface area contributed by atoms with Crippen molar-refractivity contribution in [1.82, 2.24) is 0 Å². The fourth-order valence-corrected chi connectivity index (χ4v) is 3.06. The molecule has 0 aliphatic heterocycles.